The maximum atomic E-state index is 12.8. The van der Waals surface area contributed by atoms with Gasteiger partial charge < -0.3 is 13.8 Å². The molecule has 0 rings (SSSR count). The van der Waals surface area contributed by atoms with Crippen LogP contribution < -0.4 is 0 Å². The van der Waals surface area contributed by atoms with E-state index in [2.05, 4.69) is 0 Å². The van der Waals surface area contributed by atoms with Gasteiger partial charge in [-0.1, -0.05) is 6.92 Å². The predicted molar refractivity (Wildman–Crippen MR) is 71.2 cm³/mol. The van der Waals surface area contributed by atoms with Crippen LogP contribution in [0.25, 0.3) is 0 Å². The number of ketones is 1. The lowest BCUT2D eigenvalue weighted by Crippen LogP contribution is -2.45. The van der Waals surface area contributed by atoms with Gasteiger partial charge in [0.1, 0.15) is 0 Å². The van der Waals surface area contributed by atoms with Crippen LogP contribution in [-0.2, 0) is 27.9 Å². The summed E-state index contributed by atoms with van der Waals surface area (Å²) in [5.41, 5.74) is 0. The fourth-order valence-corrected chi connectivity index (χ4v) is 3.65. The summed E-state index contributed by atoms with van der Waals surface area (Å²) >= 11 is 0. The zero-order valence-electron chi connectivity index (χ0n) is 12.2. The Bertz CT molecular complexity index is 357. The fourth-order valence-electron chi connectivity index (χ4n) is 1.63. The van der Waals surface area contributed by atoms with Crippen LogP contribution in [0.5, 0.6) is 0 Å². The van der Waals surface area contributed by atoms with Gasteiger partial charge in [-0.15, -0.1) is 0 Å². The summed E-state index contributed by atoms with van der Waals surface area (Å²) in [5.74, 6) is -1.39. The number of hydrogen-bond donors (Lipinski definition) is 0. The van der Waals surface area contributed by atoms with Crippen molar-refractivity contribution in [2.24, 2.45) is 0 Å². The average molecular weight is 294 g/mol. The number of Topliss-reactive ketones (excluding diaryl/α,β-unsaturated/α-hetero) is 1. The highest BCUT2D eigenvalue weighted by atomic mass is 31.2. The minimum absolute atomic E-state index is 0.0411. The van der Waals surface area contributed by atoms with Crippen molar-refractivity contribution in [1.29, 1.82) is 0 Å². The van der Waals surface area contributed by atoms with E-state index in [4.69, 9.17) is 13.8 Å². The van der Waals surface area contributed by atoms with Crippen molar-refractivity contribution in [3.05, 3.63) is 0 Å². The summed E-state index contributed by atoms with van der Waals surface area (Å²) in [6.07, 6.45) is 0.0411. The van der Waals surface area contributed by atoms with E-state index >= 15 is 0 Å². The number of rotatable bonds is 9. The van der Waals surface area contributed by atoms with Gasteiger partial charge in [0, 0.05) is 6.42 Å². The van der Waals surface area contributed by atoms with Crippen LogP contribution in [0.1, 0.15) is 41.0 Å². The van der Waals surface area contributed by atoms with Gasteiger partial charge in [-0.25, -0.2) is 0 Å². The average Bonchev–Trinajstić information content (AvgIpc) is 2.37. The molecule has 0 N–H and O–H groups in total. The fraction of sp³-hybridized carbons (Fsp3) is 0.833. The summed E-state index contributed by atoms with van der Waals surface area (Å²) in [7, 11) is -3.92. The van der Waals surface area contributed by atoms with Crippen LogP contribution in [0, 0.1) is 0 Å². The highest BCUT2D eigenvalue weighted by Crippen LogP contribution is 2.61. The molecule has 0 aliphatic carbocycles. The second kappa shape index (κ2) is 7.78. The summed E-state index contributed by atoms with van der Waals surface area (Å²) in [6, 6.07) is 0. The highest BCUT2D eigenvalue weighted by Gasteiger charge is 2.59. The Morgan fingerprint density at radius 1 is 1.00 bits per heavy atom. The number of carbonyl (C=O) groups is 2. The molecule has 1 atom stereocenters. The molecule has 6 nitrogen and oxygen atoms in total. The van der Waals surface area contributed by atoms with Gasteiger partial charge in [-0.3, -0.25) is 14.2 Å². The van der Waals surface area contributed by atoms with Crippen molar-refractivity contribution in [2.45, 2.75) is 46.2 Å². The van der Waals surface area contributed by atoms with Crippen LogP contribution in [0.4, 0.5) is 0 Å². The first-order valence-electron chi connectivity index (χ1n) is 6.43. The van der Waals surface area contributed by atoms with Crippen LogP contribution in [-0.4, -0.2) is 36.7 Å². The van der Waals surface area contributed by atoms with Crippen molar-refractivity contribution >= 4 is 19.3 Å². The first kappa shape index (κ1) is 18.3. The van der Waals surface area contributed by atoms with E-state index in [1.54, 1.807) is 27.7 Å². The topological polar surface area (TPSA) is 78.9 Å². The Balaban J connectivity index is 5.72. The number of esters is 1. The van der Waals surface area contributed by atoms with Crippen LogP contribution in [0.15, 0.2) is 0 Å². The molecule has 0 radical (unpaired) electrons. The monoisotopic (exact) mass is 294 g/mol. The van der Waals surface area contributed by atoms with E-state index in [1.165, 1.54) is 6.92 Å². The van der Waals surface area contributed by atoms with Gasteiger partial charge in [0.2, 0.25) is 5.16 Å². The van der Waals surface area contributed by atoms with Crippen molar-refractivity contribution in [1.82, 2.24) is 0 Å². The van der Waals surface area contributed by atoms with Gasteiger partial charge in [0.05, 0.1) is 19.8 Å². The van der Waals surface area contributed by atoms with Crippen molar-refractivity contribution in [3.8, 4) is 0 Å². The van der Waals surface area contributed by atoms with Gasteiger partial charge in [0.15, 0.2) is 5.78 Å². The summed E-state index contributed by atoms with van der Waals surface area (Å²) in [6.45, 7) is 7.93. The number of carbonyl (C=O) groups excluding carboxylic acids is 2. The van der Waals surface area contributed by atoms with E-state index in [-0.39, 0.29) is 26.2 Å². The third-order valence-electron chi connectivity index (χ3n) is 2.68. The lowest BCUT2D eigenvalue weighted by atomic mass is 10.0. The van der Waals surface area contributed by atoms with Gasteiger partial charge >= 0.3 is 13.6 Å². The SMILES string of the molecule is CCOC(=O)C(C)(C(=O)CC)P(=O)(OCC)OCC. The molecule has 0 aliphatic heterocycles. The third kappa shape index (κ3) is 3.65. The van der Waals surface area contributed by atoms with Gasteiger partial charge in [0.25, 0.3) is 0 Å². The molecule has 0 aliphatic rings. The van der Waals surface area contributed by atoms with Crippen molar-refractivity contribution in [3.63, 3.8) is 0 Å². The van der Waals surface area contributed by atoms with E-state index in [0.717, 1.165) is 0 Å². The lowest BCUT2D eigenvalue weighted by Gasteiger charge is -2.32. The molecule has 19 heavy (non-hydrogen) atoms. The predicted octanol–water partition coefficient (Wildman–Crippen LogP) is 2.55. The molecule has 0 fully saturated rings. The quantitative estimate of drug-likeness (QED) is 0.369. The van der Waals surface area contributed by atoms with E-state index in [0.29, 0.717) is 0 Å². The Morgan fingerprint density at radius 2 is 1.47 bits per heavy atom. The number of hydrogen-bond acceptors (Lipinski definition) is 6. The van der Waals surface area contributed by atoms with Crippen LogP contribution in [0.2, 0.25) is 0 Å². The van der Waals surface area contributed by atoms with E-state index in [9.17, 15) is 14.2 Å². The molecule has 0 aromatic carbocycles. The Kier molecular flexibility index (Phi) is 7.49. The summed E-state index contributed by atoms with van der Waals surface area (Å²) < 4.78 is 27.9. The molecule has 7 heteroatoms. The summed E-state index contributed by atoms with van der Waals surface area (Å²) in [5, 5.41) is -1.91. The molecular weight excluding hydrogens is 271 g/mol. The third-order valence-corrected chi connectivity index (χ3v) is 5.41. The molecule has 0 aromatic heterocycles. The minimum Gasteiger partial charge on any atom is -0.465 e. The lowest BCUT2D eigenvalue weighted by molar-refractivity contribution is -0.149. The summed E-state index contributed by atoms with van der Waals surface area (Å²) in [4.78, 5) is 24.2. The Labute approximate surface area is 114 Å². The molecule has 0 spiro atoms. The van der Waals surface area contributed by atoms with E-state index in [1.807, 2.05) is 0 Å². The second-order valence-corrected chi connectivity index (χ2v) is 6.31. The zero-order valence-corrected chi connectivity index (χ0v) is 13.1. The van der Waals surface area contributed by atoms with Crippen LogP contribution in [0.3, 0.4) is 0 Å². The maximum Gasteiger partial charge on any atom is 0.355 e. The second-order valence-electron chi connectivity index (χ2n) is 3.90. The molecule has 0 heterocycles. The maximum absolute atomic E-state index is 12.8. The van der Waals surface area contributed by atoms with Crippen LogP contribution >= 0.6 is 7.60 Å². The first-order chi connectivity index (χ1) is 8.83. The first-order valence-corrected chi connectivity index (χ1v) is 7.97. The van der Waals surface area contributed by atoms with Crippen molar-refractivity contribution < 1.29 is 27.9 Å². The molecule has 1 unspecified atom stereocenters. The normalized spacial score (nSPS) is 14.8. The molecule has 0 bridgehead atoms. The smallest absolute Gasteiger partial charge is 0.355 e. The molecule has 112 valence electrons. The molecule has 0 saturated carbocycles. The van der Waals surface area contributed by atoms with Crippen molar-refractivity contribution in [2.75, 3.05) is 19.8 Å². The highest BCUT2D eigenvalue weighted by molar-refractivity contribution is 7.58. The zero-order chi connectivity index (χ0) is 15.1. The molecule has 0 saturated heterocycles. The molecule has 0 amide bonds. The number of ether oxygens (including phenoxy) is 1. The Hall–Kier alpha value is -0.710. The van der Waals surface area contributed by atoms with Gasteiger partial charge in [-0.05, 0) is 27.7 Å². The molecule has 0 aromatic rings. The molecular formula is C12H23O6P. The minimum atomic E-state index is -3.92. The van der Waals surface area contributed by atoms with E-state index < -0.39 is 24.5 Å². The Morgan fingerprint density at radius 3 is 1.79 bits per heavy atom. The largest absolute Gasteiger partial charge is 0.465 e. The standard InChI is InChI=1S/C12H23O6P/c1-6-10(13)12(5,11(14)16-7-2)19(15,17-8-3)18-9-4/h6-9H2,1-5H3. The van der Waals surface area contributed by atoms with Gasteiger partial charge in [-0.2, -0.15) is 0 Å².